The van der Waals surface area contributed by atoms with Gasteiger partial charge in [0, 0.05) is 22.3 Å². The van der Waals surface area contributed by atoms with Gasteiger partial charge >= 0.3 is 0 Å². The van der Waals surface area contributed by atoms with E-state index in [1.165, 1.54) is 24.3 Å². The van der Waals surface area contributed by atoms with Gasteiger partial charge in [0.1, 0.15) is 0 Å². The van der Waals surface area contributed by atoms with Crippen LogP contribution in [-0.2, 0) is 13.8 Å². The minimum Gasteiger partial charge on any atom is -0.326 e. The highest BCUT2D eigenvalue weighted by atomic mass is 35.7. The lowest BCUT2D eigenvalue weighted by Gasteiger charge is -2.11. The average molecular weight is 290 g/mol. The number of rotatable bonds is 5. The van der Waals surface area contributed by atoms with E-state index in [0.717, 1.165) is 12.8 Å². The fraction of sp³-hybridized carbons (Fsp3) is 0.417. The summed E-state index contributed by atoms with van der Waals surface area (Å²) in [5.41, 5.74) is 0.562. The molecule has 1 rings (SSSR count). The molecule has 0 heterocycles. The molecule has 0 aliphatic rings. The fourth-order valence-electron chi connectivity index (χ4n) is 1.53. The fourth-order valence-corrected chi connectivity index (χ4v) is 2.30. The summed E-state index contributed by atoms with van der Waals surface area (Å²) in [7, 11) is 1.48. The van der Waals surface area contributed by atoms with E-state index >= 15 is 0 Å². The third-order valence-corrected chi connectivity index (χ3v) is 3.94. The van der Waals surface area contributed by atoms with Gasteiger partial charge in [-0.3, -0.25) is 4.79 Å². The van der Waals surface area contributed by atoms with E-state index < -0.39 is 9.05 Å². The first-order valence-electron chi connectivity index (χ1n) is 5.70. The Morgan fingerprint density at radius 2 is 1.89 bits per heavy atom. The highest BCUT2D eigenvalue weighted by Gasteiger charge is 2.13. The van der Waals surface area contributed by atoms with E-state index in [1.54, 1.807) is 0 Å². The molecule has 0 aliphatic carbocycles. The van der Waals surface area contributed by atoms with Crippen LogP contribution in [0.5, 0.6) is 0 Å². The maximum atomic E-state index is 11.7. The van der Waals surface area contributed by atoms with Crippen molar-refractivity contribution in [2.75, 3.05) is 5.32 Å². The number of hydrogen-bond donors (Lipinski definition) is 1. The Kier molecular flexibility index (Phi) is 5.16. The van der Waals surface area contributed by atoms with E-state index in [1.807, 2.05) is 13.8 Å². The molecule has 1 aromatic carbocycles. The van der Waals surface area contributed by atoms with Gasteiger partial charge in [0.15, 0.2) is 0 Å². The van der Waals surface area contributed by atoms with Crippen molar-refractivity contribution in [2.24, 2.45) is 5.92 Å². The van der Waals surface area contributed by atoms with Crippen molar-refractivity contribution in [3.8, 4) is 0 Å². The topological polar surface area (TPSA) is 63.2 Å². The van der Waals surface area contributed by atoms with Crippen molar-refractivity contribution >= 4 is 31.3 Å². The van der Waals surface area contributed by atoms with E-state index in [9.17, 15) is 13.2 Å². The number of benzene rings is 1. The van der Waals surface area contributed by atoms with Gasteiger partial charge in [-0.05, 0) is 30.7 Å². The molecule has 0 aliphatic heterocycles. The lowest BCUT2D eigenvalue weighted by atomic mass is 10.1. The monoisotopic (exact) mass is 289 g/mol. The van der Waals surface area contributed by atoms with Crippen molar-refractivity contribution in [3.05, 3.63) is 24.3 Å². The smallest absolute Gasteiger partial charge is 0.261 e. The Morgan fingerprint density at radius 1 is 1.33 bits per heavy atom. The summed E-state index contributed by atoms with van der Waals surface area (Å²) in [6.07, 6.45) is 1.76. The summed E-state index contributed by atoms with van der Waals surface area (Å²) in [4.78, 5) is 11.7. The molecule has 0 saturated carbocycles. The molecule has 1 atom stereocenters. The molecule has 100 valence electrons. The molecule has 4 nitrogen and oxygen atoms in total. The predicted molar refractivity (Wildman–Crippen MR) is 72.2 cm³/mol. The summed E-state index contributed by atoms with van der Waals surface area (Å²) < 4.78 is 22.1. The molecule has 0 spiro atoms. The average Bonchev–Trinajstić information content (AvgIpc) is 2.28. The van der Waals surface area contributed by atoms with Crippen LogP contribution >= 0.6 is 10.7 Å². The highest BCUT2D eigenvalue weighted by Crippen LogP contribution is 2.18. The van der Waals surface area contributed by atoms with Crippen LogP contribution in [0.4, 0.5) is 5.69 Å². The van der Waals surface area contributed by atoms with Crippen LogP contribution in [0, 0.1) is 5.92 Å². The van der Waals surface area contributed by atoms with E-state index in [-0.39, 0.29) is 16.7 Å². The second-order valence-corrected chi connectivity index (χ2v) is 6.71. The van der Waals surface area contributed by atoms with Crippen LogP contribution in [-0.4, -0.2) is 14.3 Å². The lowest BCUT2D eigenvalue weighted by Crippen LogP contribution is -2.20. The van der Waals surface area contributed by atoms with Crippen LogP contribution in [0.15, 0.2) is 29.2 Å². The molecular weight excluding hydrogens is 274 g/mol. The summed E-state index contributed by atoms with van der Waals surface area (Å²) in [5, 5.41) is 2.73. The molecular formula is C12H16ClNO3S. The zero-order valence-corrected chi connectivity index (χ0v) is 11.9. The molecule has 0 saturated heterocycles. The minimum absolute atomic E-state index is 0.0174. The number of nitrogens with one attached hydrogen (secondary N) is 1. The third-order valence-electron chi connectivity index (χ3n) is 2.57. The molecule has 0 radical (unpaired) electrons. The Balaban J connectivity index is 2.73. The summed E-state index contributed by atoms with van der Waals surface area (Å²) in [5.74, 6) is -0.134. The van der Waals surface area contributed by atoms with Crippen molar-refractivity contribution in [1.29, 1.82) is 0 Å². The lowest BCUT2D eigenvalue weighted by molar-refractivity contribution is -0.119. The number of halogens is 1. The third kappa shape index (κ3) is 4.31. The first-order valence-corrected chi connectivity index (χ1v) is 8.01. The maximum absolute atomic E-state index is 11.7. The first kappa shape index (κ1) is 15.0. The van der Waals surface area contributed by atoms with Crippen molar-refractivity contribution < 1.29 is 13.2 Å². The molecule has 6 heteroatoms. The minimum atomic E-state index is -3.71. The molecule has 1 amide bonds. The van der Waals surface area contributed by atoms with Gasteiger partial charge in [-0.25, -0.2) is 8.42 Å². The summed E-state index contributed by atoms with van der Waals surface area (Å²) >= 11 is 0. The quantitative estimate of drug-likeness (QED) is 0.848. The number of carbonyl (C=O) groups is 1. The van der Waals surface area contributed by atoms with Gasteiger partial charge in [0.25, 0.3) is 9.05 Å². The number of hydrogen-bond acceptors (Lipinski definition) is 3. The Hall–Kier alpha value is -1.07. The van der Waals surface area contributed by atoms with E-state index in [4.69, 9.17) is 10.7 Å². The van der Waals surface area contributed by atoms with Gasteiger partial charge in [-0.2, -0.15) is 0 Å². The van der Waals surface area contributed by atoms with Gasteiger partial charge in [0.05, 0.1) is 4.90 Å². The molecule has 0 bridgehead atoms. The Labute approximate surface area is 112 Å². The van der Waals surface area contributed by atoms with Crippen LogP contribution in [0.2, 0.25) is 0 Å². The van der Waals surface area contributed by atoms with E-state index in [0.29, 0.717) is 5.69 Å². The van der Waals surface area contributed by atoms with Crippen LogP contribution in [0.25, 0.3) is 0 Å². The Bertz CT molecular complexity index is 511. The Morgan fingerprint density at radius 3 is 2.33 bits per heavy atom. The van der Waals surface area contributed by atoms with Crippen LogP contribution < -0.4 is 5.32 Å². The molecule has 18 heavy (non-hydrogen) atoms. The van der Waals surface area contributed by atoms with Gasteiger partial charge in [0.2, 0.25) is 5.91 Å². The zero-order valence-electron chi connectivity index (χ0n) is 10.3. The summed E-state index contributed by atoms with van der Waals surface area (Å²) in [6, 6.07) is 5.77. The van der Waals surface area contributed by atoms with Crippen LogP contribution in [0.3, 0.4) is 0 Å². The predicted octanol–water partition coefficient (Wildman–Crippen LogP) is 2.99. The zero-order chi connectivity index (χ0) is 13.8. The standard InChI is InChI=1S/C12H16ClNO3S/c1-3-4-9(2)12(15)14-10-5-7-11(8-6-10)18(13,16)17/h5-9H,3-4H2,1-2H3,(H,14,15). The van der Waals surface area contributed by atoms with Gasteiger partial charge in [-0.15, -0.1) is 0 Å². The van der Waals surface area contributed by atoms with Crippen LogP contribution in [0.1, 0.15) is 26.7 Å². The highest BCUT2D eigenvalue weighted by molar-refractivity contribution is 8.13. The summed E-state index contributed by atoms with van der Waals surface area (Å²) in [6.45, 7) is 3.88. The molecule has 0 fully saturated rings. The number of anilines is 1. The molecule has 1 aromatic rings. The SMILES string of the molecule is CCCC(C)C(=O)Nc1ccc(S(=O)(=O)Cl)cc1. The van der Waals surface area contributed by atoms with Gasteiger partial charge in [-0.1, -0.05) is 20.3 Å². The maximum Gasteiger partial charge on any atom is 0.261 e. The van der Waals surface area contributed by atoms with Crippen molar-refractivity contribution in [2.45, 2.75) is 31.6 Å². The second-order valence-electron chi connectivity index (χ2n) is 4.14. The number of amides is 1. The second kappa shape index (κ2) is 6.20. The van der Waals surface area contributed by atoms with Crippen molar-refractivity contribution in [3.63, 3.8) is 0 Å². The first-order chi connectivity index (χ1) is 8.34. The van der Waals surface area contributed by atoms with Gasteiger partial charge < -0.3 is 5.32 Å². The van der Waals surface area contributed by atoms with E-state index in [2.05, 4.69) is 5.32 Å². The normalized spacial score (nSPS) is 13.1. The van der Waals surface area contributed by atoms with Crippen molar-refractivity contribution in [1.82, 2.24) is 0 Å². The molecule has 1 unspecified atom stereocenters. The largest absolute Gasteiger partial charge is 0.326 e. The number of carbonyl (C=O) groups excluding carboxylic acids is 1. The molecule has 0 aromatic heterocycles. The molecule has 1 N–H and O–H groups in total.